The molecule has 0 saturated heterocycles. The van der Waals surface area contributed by atoms with Crippen molar-refractivity contribution in [2.75, 3.05) is 31.7 Å². The molecule has 0 aromatic heterocycles. The molecule has 19 heavy (non-hydrogen) atoms. The molecule has 0 aliphatic carbocycles. The van der Waals surface area contributed by atoms with Gasteiger partial charge in [-0.15, -0.1) is 0 Å². The van der Waals surface area contributed by atoms with Gasteiger partial charge in [0.1, 0.15) is 0 Å². The SMILES string of the molecule is CCOc1ccc(N(C)CCC(=O)O)cc1OCC. The van der Waals surface area contributed by atoms with Gasteiger partial charge >= 0.3 is 5.97 Å². The van der Waals surface area contributed by atoms with E-state index in [2.05, 4.69) is 0 Å². The van der Waals surface area contributed by atoms with Gasteiger partial charge in [-0.1, -0.05) is 0 Å². The van der Waals surface area contributed by atoms with Crippen LogP contribution in [0.1, 0.15) is 20.3 Å². The minimum absolute atomic E-state index is 0.105. The Hall–Kier alpha value is -1.91. The number of carbonyl (C=O) groups is 1. The monoisotopic (exact) mass is 267 g/mol. The number of carboxylic acids is 1. The molecular formula is C14H21NO4. The third kappa shape index (κ3) is 4.69. The first-order valence-corrected chi connectivity index (χ1v) is 6.41. The number of nitrogens with zero attached hydrogens (tertiary/aromatic N) is 1. The highest BCUT2D eigenvalue weighted by molar-refractivity contribution is 5.68. The fraction of sp³-hybridized carbons (Fsp3) is 0.500. The molecule has 0 unspecified atom stereocenters. The Balaban J connectivity index is 2.84. The zero-order valence-electron chi connectivity index (χ0n) is 11.7. The highest BCUT2D eigenvalue weighted by atomic mass is 16.5. The van der Waals surface area contributed by atoms with E-state index < -0.39 is 5.97 Å². The van der Waals surface area contributed by atoms with Gasteiger partial charge in [-0.3, -0.25) is 4.79 Å². The fourth-order valence-corrected chi connectivity index (χ4v) is 1.67. The summed E-state index contributed by atoms with van der Waals surface area (Å²) in [6.45, 7) is 5.42. The van der Waals surface area contributed by atoms with Crippen molar-refractivity contribution >= 4 is 11.7 Å². The summed E-state index contributed by atoms with van der Waals surface area (Å²) in [4.78, 5) is 12.5. The standard InChI is InChI=1S/C14H21NO4/c1-4-18-12-7-6-11(10-13(12)19-5-2)15(3)9-8-14(16)17/h6-7,10H,4-5,8-9H2,1-3H3,(H,16,17). The average molecular weight is 267 g/mol. The van der Waals surface area contributed by atoms with Crippen LogP contribution in [-0.4, -0.2) is 37.9 Å². The second-order valence-electron chi connectivity index (χ2n) is 4.06. The number of anilines is 1. The molecule has 5 nitrogen and oxygen atoms in total. The van der Waals surface area contributed by atoms with Gasteiger partial charge in [0.05, 0.1) is 19.6 Å². The van der Waals surface area contributed by atoms with Crippen molar-refractivity contribution in [2.45, 2.75) is 20.3 Å². The second kappa shape index (κ2) is 7.51. The van der Waals surface area contributed by atoms with E-state index in [1.165, 1.54) is 0 Å². The maximum absolute atomic E-state index is 10.6. The molecule has 0 amide bonds. The van der Waals surface area contributed by atoms with Crippen LogP contribution in [0.3, 0.4) is 0 Å². The van der Waals surface area contributed by atoms with Crippen LogP contribution in [0.5, 0.6) is 11.5 Å². The number of benzene rings is 1. The Labute approximate surface area is 113 Å². The molecule has 1 aromatic carbocycles. The fourth-order valence-electron chi connectivity index (χ4n) is 1.67. The van der Waals surface area contributed by atoms with Gasteiger partial charge in [0.2, 0.25) is 0 Å². The van der Waals surface area contributed by atoms with E-state index in [0.717, 1.165) is 5.69 Å². The van der Waals surface area contributed by atoms with Crippen LogP contribution < -0.4 is 14.4 Å². The summed E-state index contributed by atoms with van der Waals surface area (Å²) in [6.07, 6.45) is 0.105. The summed E-state index contributed by atoms with van der Waals surface area (Å²) in [5, 5.41) is 8.69. The molecule has 0 saturated carbocycles. The Morgan fingerprint density at radius 3 is 2.42 bits per heavy atom. The predicted octanol–water partition coefficient (Wildman–Crippen LogP) is 2.39. The first-order chi connectivity index (χ1) is 9.08. The second-order valence-corrected chi connectivity index (χ2v) is 4.06. The van der Waals surface area contributed by atoms with Gasteiger partial charge in [0, 0.05) is 25.3 Å². The molecule has 0 spiro atoms. The van der Waals surface area contributed by atoms with Crippen molar-refractivity contribution in [2.24, 2.45) is 0 Å². The van der Waals surface area contributed by atoms with Crippen molar-refractivity contribution in [3.05, 3.63) is 18.2 Å². The first-order valence-electron chi connectivity index (χ1n) is 6.41. The lowest BCUT2D eigenvalue weighted by Crippen LogP contribution is -2.21. The molecule has 1 N–H and O–H groups in total. The normalized spacial score (nSPS) is 10.1. The molecule has 0 aliphatic rings. The quantitative estimate of drug-likeness (QED) is 0.783. The Kier molecular flexibility index (Phi) is 5.99. The predicted molar refractivity (Wildman–Crippen MR) is 74.3 cm³/mol. The van der Waals surface area contributed by atoms with Gasteiger partial charge < -0.3 is 19.5 Å². The minimum atomic E-state index is -0.803. The van der Waals surface area contributed by atoms with Crippen LogP contribution in [0.15, 0.2) is 18.2 Å². The van der Waals surface area contributed by atoms with Gasteiger partial charge in [-0.05, 0) is 26.0 Å². The molecule has 0 bridgehead atoms. The highest BCUT2D eigenvalue weighted by Gasteiger charge is 2.09. The average Bonchev–Trinajstić information content (AvgIpc) is 2.38. The van der Waals surface area contributed by atoms with Gasteiger partial charge in [0.25, 0.3) is 0 Å². The van der Waals surface area contributed by atoms with Gasteiger partial charge in [-0.2, -0.15) is 0 Å². The summed E-state index contributed by atoms with van der Waals surface area (Å²) < 4.78 is 11.0. The third-order valence-corrected chi connectivity index (χ3v) is 2.63. The van der Waals surface area contributed by atoms with Crippen LogP contribution in [0, 0.1) is 0 Å². The van der Waals surface area contributed by atoms with E-state index in [-0.39, 0.29) is 6.42 Å². The van der Waals surface area contributed by atoms with E-state index in [9.17, 15) is 4.79 Å². The molecule has 0 aliphatic heterocycles. The zero-order valence-corrected chi connectivity index (χ0v) is 11.7. The van der Waals surface area contributed by atoms with Crippen molar-refractivity contribution in [3.8, 4) is 11.5 Å². The van der Waals surface area contributed by atoms with Gasteiger partial charge in [-0.25, -0.2) is 0 Å². The number of ether oxygens (including phenoxy) is 2. The van der Waals surface area contributed by atoms with Crippen molar-refractivity contribution in [1.82, 2.24) is 0 Å². The van der Waals surface area contributed by atoms with Crippen molar-refractivity contribution in [3.63, 3.8) is 0 Å². The van der Waals surface area contributed by atoms with Crippen LogP contribution in [-0.2, 0) is 4.79 Å². The Bertz CT molecular complexity index is 420. The summed E-state index contributed by atoms with van der Waals surface area (Å²) >= 11 is 0. The molecule has 1 rings (SSSR count). The smallest absolute Gasteiger partial charge is 0.305 e. The van der Waals surface area contributed by atoms with E-state index in [0.29, 0.717) is 31.3 Å². The summed E-state index contributed by atoms with van der Waals surface area (Å²) in [6, 6.07) is 5.62. The number of hydrogen-bond donors (Lipinski definition) is 1. The van der Waals surface area contributed by atoms with E-state index in [1.807, 2.05) is 44.0 Å². The van der Waals surface area contributed by atoms with Gasteiger partial charge in [0.15, 0.2) is 11.5 Å². The first kappa shape index (κ1) is 15.1. The zero-order chi connectivity index (χ0) is 14.3. The number of aliphatic carboxylic acids is 1. The molecule has 0 radical (unpaired) electrons. The summed E-state index contributed by atoms with van der Waals surface area (Å²) in [7, 11) is 1.86. The molecule has 0 heterocycles. The number of rotatable bonds is 8. The van der Waals surface area contributed by atoms with Crippen LogP contribution in [0.4, 0.5) is 5.69 Å². The molecule has 0 fully saturated rings. The van der Waals surface area contributed by atoms with Crippen LogP contribution in [0.25, 0.3) is 0 Å². The molecule has 0 atom stereocenters. The summed E-state index contributed by atoms with van der Waals surface area (Å²) in [5.74, 6) is 0.589. The Morgan fingerprint density at radius 2 is 1.84 bits per heavy atom. The number of carboxylic acid groups (broad SMARTS) is 1. The van der Waals surface area contributed by atoms with Crippen molar-refractivity contribution in [1.29, 1.82) is 0 Å². The summed E-state index contributed by atoms with van der Waals surface area (Å²) in [5.41, 5.74) is 0.910. The Morgan fingerprint density at radius 1 is 1.21 bits per heavy atom. The maximum Gasteiger partial charge on any atom is 0.305 e. The van der Waals surface area contributed by atoms with E-state index >= 15 is 0 Å². The van der Waals surface area contributed by atoms with E-state index in [1.54, 1.807) is 0 Å². The molecular weight excluding hydrogens is 246 g/mol. The van der Waals surface area contributed by atoms with Crippen molar-refractivity contribution < 1.29 is 19.4 Å². The van der Waals surface area contributed by atoms with Crippen LogP contribution in [0.2, 0.25) is 0 Å². The lowest BCUT2D eigenvalue weighted by molar-refractivity contribution is -0.136. The third-order valence-electron chi connectivity index (χ3n) is 2.63. The van der Waals surface area contributed by atoms with E-state index in [4.69, 9.17) is 14.6 Å². The largest absolute Gasteiger partial charge is 0.490 e. The maximum atomic E-state index is 10.6. The number of hydrogen-bond acceptors (Lipinski definition) is 4. The lowest BCUT2D eigenvalue weighted by atomic mass is 10.2. The lowest BCUT2D eigenvalue weighted by Gasteiger charge is -2.20. The minimum Gasteiger partial charge on any atom is -0.490 e. The molecule has 5 heteroatoms. The van der Waals surface area contributed by atoms with Crippen LogP contribution >= 0.6 is 0 Å². The molecule has 106 valence electrons. The highest BCUT2D eigenvalue weighted by Crippen LogP contribution is 2.31. The molecule has 1 aromatic rings. The topological polar surface area (TPSA) is 59.0 Å².